The third-order valence-electron chi connectivity index (χ3n) is 2.69. The van der Waals surface area contributed by atoms with Crippen molar-refractivity contribution >= 4 is 35.5 Å². The summed E-state index contributed by atoms with van der Waals surface area (Å²) in [5.41, 5.74) is 2.07. The van der Waals surface area contributed by atoms with Crippen LogP contribution in [0.15, 0.2) is 52.5 Å². The van der Waals surface area contributed by atoms with Gasteiger partial charge in [0.05, 0.1) is 24.6 Å². The Morgan fingerprint density at radius 3 is 1.61 bits per heavy atom. The fourth-order valence-electron chi connectivity index (χ4n) is 0.947. The summed E-state index contributed by atoms with van der Waals surface area (Å²) in [7, 11) is 0. The van der Waals surface area contributed by atoms with Gasteiger partial charge in [-0.3, -0.25) is 0 Å². The largest absolute Gasteiger partial charge is 0.478 e. The molecule has 11 nitrogen and oxygen atoms in total. The lowest BCUT2D eigenvalue weighted by Gasteiger charge is -1.97. The third-order valence-corrected chi connectivity index (χ3v) is 2.69. The summed E-state index contributed by atoms with van der Waals surface area (Å²) >= 11 is 0. The molecule has 1 aromatic rings. The zero-order chi connectivity index (χ0) is 25.0. The van der Waals surface area contributed by atoms with Crippen molar-refractivity contribution < 1.29 is 44.7 Å². The van der Waals surface area contributed by atoms with E-state index >= 15 is 0 Å². The summed E-state index contributed by atoms with van der Waals surface area (Å²) in [5, 5.41) is 39.8. The minimum absolute atomic E-state index is 0.176. The summed E-state index contributed by atoms with van der Waals surface area (Å²) in [5.74, 6) is -1.87. The normalized spacial score (nSPS) is 8.35. The molecule has 0 aliphatic carbocycles. The topological polar surface area (TPSA) is 194 Å². The van der Waals surface area contributed by atoms with Crippen molar-refractivity contribution in [2.24, 2.45) is 9.98 Å². The van der Waals surface area contributed by atoms with Crippen molar-refractivity contribution in [2.45, 2.75) is 26.9 Å². The highest BCUT2D eigenvalue weighted by atomic mass is 16.4. The van der Waals surface area contributed by atoms with Crippen LogP contribution < -0.4 is 0 Å². The number of nitrogens with zero attached hydrogens (tertiary/aromatic N) is 2. The van der Waals surface area contributed by atoms with E-state index in [0.717, 1.165) is 5.56 Å². The molecule has 0 unspecified atom stereocenters. The number of aryl methyl sites for hydroxylation is 1. The quantitative estimate of drug-likeness (QED) is 0.249. The van der Waals surface area contributed by atoms with E-state index in [1.165, 1.54) is 32.1 Å². The van der Waals surface area contributed by atoms with Crippen LogP contribution in [-0.2, 0) is 19.2 Å². The van der Waals surface area contributed by atoms with E-state index in [1.807, 2.05) is 0 Å². The second-order valence-electron chi connectivity index (χ2n) is 5.57. The fourth-order valence-corrected chi connectivity index (χ4v) is 0.947. The molecular weight excluding hydrogens is 412 g/mol. The van der Waals surface area contributed by atoms with Gasteiger partial charge in [0, 0.05) is 11.1 Å². The van der Waals surface area contributed by atoms with Crippen LogP contribution in [-0.4, -0.2) is 68.9 Å². The van der Waals surface area contributed by atoms with Gasteiger partial charge in [0.1, 0.15) is 6.10 Å². The van der Waals surface area contributed by atoms with Gasteiger partial charge in [-0.05, 0) is 38.5 Å². The number of isocyanates is 2. The van der Waals surface area contributed by atoms with Crippen LogP contribution >= 0.6 is 0 Å². The van der Waals surface area contributed by atoms with Crippen LogP contribution in [0.3, 0.4) is 0 Å². The van der Waals surface area contributed by atoms with Crippen molar-refractivity contribution in [3.63, 3.8) is 0 Å². The summed E-state index contributed by atoms with van der Waals surface area (Å²) < 4.78 is 0. The van der Waals surface area contributed by atoms with Crippen LogP contribution in [0.2, 0.25) is 0 Å². The van der Waals surface area contributed by atoms with Crippen molar-refractivity contribution in [3.05, 3.63) is 48.1 Å². The number of hydrogen-bond acceptors (Lipinski definition) is 9. The lowest BCUT2D eigenvalue weighted by molar-refractivity contribution is -0.133. The fraction of sp³-hybridized carbons (Fsp3) is 0.300. The number of aliphatic carboxylic acids is 2. The standard InChI is InChI=1S/C9H6N2O2.2C4H6O2.C3H8O3/c1-7-2-3-8(10-5-12)4-9(7)11-6-13;2*1-3(2)4(5)6;4-1-3(6)2-5/h2-4H,1H3;2*1H2,2H3,(H,5,6);3-6H,1-2H2. The average molecular weight is 438 g/mol. The molecule has 0 bridgehead atoms. The van der Waals surface area contributed by atoms with Crippen LogP contribution in [0.4, 0.5) is 11.4 Å². The molecule has 0 atom stereocenters. The number of rotatable bonds is 6. The van der Waals surface area contributed by atoms with Gasteiger partial charge in [0.2, 0.25) is 12.2 Å². The molecule has 0 radical (unpaired) electrons. The van der Waals surface area contributed by atoms with E-state index in [1.54, 1.807) is 19.1 Å². The second-order valence-corrected chi connectivity index (χ2v) is 5.57. The van der Waals surface area contributed by atoms with Gasteiger partial charge < -0.3 is 25.5 Å². The van der Waals surface area contributed by atoms with Gasteiger partial charge in [-0.15, -0.1) is 0 Å². The Morgan fingerprint density at radius 2 is 1.35 bits per heavy atom. The van der Waals surface area contributed by atoms with Gasteiger partial charge >= 0.3 is 11.9 Å². The first-order valence-electron chi connectivity index (χ1n) is 8.31. The third kappa shape index (κ3) is 20.8. The highest BCUT2D eigenvalue weighted by molar-refractivity contribution is 5.85. The van der Waals surface area contributed by atoms with Gasteiger partial charge in [-0.2, -0.15) is 9.98 Å². The van der Waals surface area contributed by atoms with Gasteiger partial charge in [0.25, 0.3) is 0 Å². The first kappa shape index (κ1) is 32.0. The molecule has 0 spiro atoms. The number of carboxylic acid groups (broad SMARTS) is 2. The molecule has 31 heavy (non-hydrogen) atoms. The molecule has 0 aliphatic heterocycles. The predicted molar refractivity (Wildman–Crippen MR) is 112 cm³/mol. The lowest BCUT2D eigenvalue weighted by atomic mass is 10.2. The number of carboxylic acids is 2. The first-order valence-corrected chi connectivity index (χ1v) is 8.31. The molecule has 1 rings (SSSR count). The molecule has 11 heteroatoms. The predicted octanol–water partition coefficient (Wildman–Crippen LogP) is 1.56. The number of carbonyl (C=O) groups excluding carboxylic acids is 2. The molecule has 0 aliphatic rings. The Kier molecular flexibility index (Phi) is 20.2. The molecule has 5 N–H and O–H groups in total. The van der Waals surface area contributed by atoms with Crippen LogP contribution in [0.25, 0.3) is 0 Å². The Labute approximate surface area is 179 Å². The van der Waals surface area contributed by atoms with E-state index in [-0.39, 0.29) is 24.4 Å². The van der Waals surface area contributed by atoms with Crippen molar-refractivity contribution in [2.75, 3.05) is 13.2 Å². The molecule has 0 saturated carbocycles. The summed E-state index contributed by atoms with van der Waals surface area (Å²) in [4.78, 5) is 46.0. The van der Waals surface area contributed by atoms with Crippen LogP contribution in [0.1, 0.15) is 19.4 Å². The number of carbonyl (C=O) groups is 2. The van der Waals surface area contributed by atoms with E-state index in [0.29, 0.717) is 11.4 Å². The molecule has 1 aromatic carbocycles. The first-order chi connectivity index (χ1) is 14.4. The van der Waals surface area contributed by atoms with E-state index in [2.05, 4.69) is 23.1 Å². The minimum Gasteiger partial charge on any atom is -0.478 e. The van der Waals surface area contributed by atoms with E-state index in [4.69, 9.17) is 25.5 Å². The Bertz CT molecular complexity index is 785. The molecule has 0 fully saturated rings. The zero-order valence-electron chi connectivity index (χ0n) is 17.4. The average Bonchev–Trinajstić information content (AvgIpc) is 2.71. The Balaban J connectivity index is -0.000000370. The lowest BCUT2D eigenvalue weighted by Crippen LogP contribution is -2.15. The van der Waals surface area contributed by atoms with E-state index < -0.39 is 18.0 Å². The van der Waals surface area contributed by atoms with Crippen LogP contribution in [0.5, 0.6) is 0 Å². The number of aliphatic imine (C=N–C) groups is 2. The van der Waals surface area contributed by atoms with Crippen molar-refractivity contribution in [3.8, 4) is 0 Å². The number of aliphatic hydroxyl groups excluding tert-OH is 3. The zero-order valence-corrected chi connectivity index (χ0v) is 17.4. The number of hydrogen-bond donors (Lipinski definition) is 5. The molecule has 0 aromatic heterocycles. The maximum atomic E-state index is 10.00. The molecular formula is C20H26N2O9. The summed E-state index contributed by atoms with van der Waals surface area (Å²) in [6.45, 7) is 10.3. The maximum Gasteiger partial charge on any atom is 0.330 e. The Hall–Kier alpha value is -3.72. The van der Waals surface area contributed by atoms with Gasteiger partial charge in [-0.25, -0.2) is 19.2 Å². The van der Waals surface area contributed by atoms with Gasteiger partial charge in [0.15, 0.2) is 0 Å². The van der Waals surface area contributed by atoms with Crippen LogP contribution in [0, 0.1) is 6.92 Å². The second kappa shape index (κ2) is 19.6. The highest BCUT2D eigenvalue weighted by Gasteiger charge is 1.97. The molecule has 0 heterocycles. The maximum absolute atomic E-state index is 10.00. The van der Waals surface area contributed by atoms with E-state index in [9.17, 15) is 19.2 Å². The summed E-state index contributed by atoms with van der Waals surface area (Å²) in [6, 6.07) is 4.88. The number of aliphatic hydroxyl groups is 3. The SMILES string of the molecule is C=C(C)C(=O)O.C=C(C)C(=O)O.Cc1ccc(N=C=O)cc1N=C=O.OCC(O)CO. The molecule has 170 valence electrons. The van der Waals surface area contributed by atoms with Crippen molar-refractivity contribution in [1.82, 2.24) is 0 Å². The monoisotopic (exact) mass is 438 g/mol. The number of benzene rings is 1. The minimum atomic E-state index is -0.954. The van der Waals surface area contributed by atoms with Gasteiger partial charge in [-0.1, -0.05) is 19.2 Å². The summed E-state index contributed by atoms with van der Waals surface area (Å²) in [6.07, 6.45) is 1.88. The molecule has 0 saturated heterocycles. The highest BCUT2D eigenvalue weighted by Crippen LogP contribution is 2.23. The van der Waals surface area contributed by atoms with Crippen molar-refractivity contribution in [1.29, 1.82) is 0 Å². The molecule has 0 amide bonds. The Morgan fingerprint density at radius 1 is 0.968 bits per heavy atom. The smallest absolute Gasteiger partial charge is 0.330 e.